The molecular weight excluding hydrogens is 460 g/mol. The molecule has 0 bridgehead atoms. The third-order valence-electron chi connectivity index (χ3n) is 4.78. The van der Waals surface area contributed by atoms with Gasteiger partial charge in [-0.3, -0.25) is 0 Å². The van der Waals surface area contributed by atoms with E-state index >= 15 is 0 Å². The van der Waals surface area contributed by atoms with Gasteiger partial charge in [0, 0.05) is 16.3 Å². The molecule has 0 aliphatic heterocycles. The number of ether oxygens (including phenoxy) is 3. The monoisotopic (exact) mass is 480 g/mol. The van der Waals surface area contributed by atoms with Crippen molar-refractivity contribution in [3.8, 4) is 17.4 Å². The number of hydrogen-bond donors (Lipinski definition) is 1. The minimum atomic E-state index is -0.749. The zero-order chi connectivity index (χ0) is 23.2. The number of carbonyl (C=O) groups is 1. The highest BCUT2D eigenvalue weighted by Gasteiger charge is 2.16. The molecule has 1 aromatic heterocycles. The molecule has 0 saturated heterocycles. The topological polar surface area (TPSA) is 70.5 Å². The maximum Gasteiger partial charge on any atom is 0.347 e. The lowest BCUT2D eigenvalue weighted by Crippen LogP contribution is -2.26. The van der Waals surface area contributed by atoms with Crippen LogP contribution >= 0.6 is 24.2 Å². The molecule has 33 heavy (non-hydrogen) atoms. The van der Waals surface area contributed by atoms with Crippen molar-refractivity contribution in [2.75, 3.05) is 6.61 Å². The summed E-state index contributed by atoms with van der Waals surface area (Å²) in [5.74, 6) is 1.01. The van der Waals surface area contributed by atoms with E-state index in [2.05, 4.69) is 22.6 Å². The Kier molecular flexibility index (Phi) is 7.32. The summed E-state index contributed by atoms with van der Waals surface area (Å²) in [5.41, 5.74) is 2.40. The molecule has 1 heterocycles. The van der Waals surface area contributed by atoms with Gasteiger partial charge in [-0.2, -0.15) is 0 Å². The van der Waals surface area contributed by atoms with Crippen molar-refractivity contribution in [3.05, 3.63) is 83.5 Å². The first-order chi connectivity index (χ1) is 16.0. The number of nitrogens with zero attached hydrogens (tertiary/aromatic N) is 2. The van der Waals surface area contributed by atoms with E-state index in [1.807, 2.05) is 24.3 Å². The van der Waals surface area contributed by atoms with Crippen molar-refractivity contribution in [2.45, 2.75) is 24.3 Å². The second kappa shape index (κ2) is 10.6. The van der Waals surface area contributed by atoms with Crippen LogP contribution in [0.25, 0.3) is 11.0 Å². The molecule has 168 valence electrons. The van der Waals surface area contributed by atoms with Crippen LogP contribution in [0.15, 0.2) is 77.8 Å². The Morgan fingerprint density at radius 2 is 1.79 bits per heavy atom. The second-order valence-corrected chi connectivity index (χ2v) is 8.14. The summed E-state index contributed by atoms with van der Waals surface area (Å²) >= 11 is 10.4. The number of aromatic nitrogens is 2. The Morgan fingerprint density at radius 3 is 2.58 bits per heavy atom. The molecule has 3 aromatic carbocycles. The third-order valence-corrected chi connectivity index (χ3v) is 5.45. The highest BCUT2D eigenvalue weighted by Crippen LogP contribution is 2.25. The Balaban J connectivity index is 1.29. The highest BCUT2D eigenvalue weighted by atomic mass is 35.5. The van der Waals surface area contributed by atoms with Gasteiger partial charge in [0.05, 0.1) is 23.8 Å². The van der Waals surface area contributed by atoms with Crippen LogP contribution in [0.3, 0.4) is 0 Å². The summed E-state index contributed by atoms with van der Waals surface area (Å²) in [6.07, 6.45) is 1.38. The first-order valence-corrected chi connectivity index (χ1v) is 11.1. The van der Waals surface area contributed by atoms with E-state index in [4.69, 9.17) is 25.8 Å². The van der Waals surface area contributed by atoms with Gasteiger partial charge < -0.3 is 14.2 Å². The van der Waals surface area contributed by atoms with E-state index < -0.39 is 12.1 Å². The van der Waals surface area contributed by atoms with Crippen LogP contribution in [0.5, 0.6) is 17.4 Å². The van der Waals surface area contributed by atoms with Gasteiger partial charge in [-0.1, -0.05) is 29.8 Å². The van der Waals surface area contributed by atoms with Crippen molar-refractivity contribution in [1.29, 1.82) is 0 Å². The minimum absolute atomic E-state index is 0.260. The lowest BCUT2D eigenvalue weighted by atomic mass is 10.2. The summed E-state index contributed by atoms with van der Waals surface area (Å²) in [6.45, 7) is 1.91. The molecule has 8 heteroatoms. The van der Waals surface area contributed by atoms with Gasteiger partial charge in [0.25, 0.3) is 0 Å². The first kappa shape index (κ1) is 22.9. The van der Waals surface area contributed by atoms with E-state index in [1.165, 1.54) is 6.20 Å². The van der Waals surface area contributed by atoms with Crippen molar-refractivity contribution < 1.29 is 19.0 Å². The average Bonchev–Trinajstić information content (AvgIpc) is 2.81. The Labute approximate surface area is 201 Å². The molecule has 6 nitrogen and oxygen atoms in total. The number of benzene rings is 3. The molecule has 0 saturated carbocycles. The second-order valence-electron chi connectivity index (χ2n) is 7.22. The Bertz CT molecular complexity index is 1270. The van der Waals surface area contributed by atoms with Crippen LogP contribution in [-0.2, 0) is 16.0 Å². The largest absolute Gasteiger partial charge is 0.479 e. The zero-order valence-corrected chi connectivity index (χ0v) is 19.4. The van der Waals surface area contributed by atoms with Crippen LogP contribution in [0.2, 0.25) is 5.02 Å². The molecule has 1 unspecified atom stereocenters. The third kappa shape index (κ3) is 6.15. The Hall–Kier alpha value is -3.29. The number of rotatable bonds is 8. The van der Waals surface area contributed by atoms with E-state index in [1.54, 1.807) is 49.4 Å². The molecule has 0 spiro atoms. The Morgan fingerprint density at radius 1 is 1.03 bits per heavy atom. The fraction of sp³-hybridized carbons (Fsp3) is 0.160. The maximum atomic E-state index is 12.2. The zero-order valence-electron chi connectivity index (χ0n) is 17.8. The van der Waals surface area contributed by atoms with E-state index in [0.29, 0.717) is 39.9 Å². The molecule has 4 aromatic rings. The van der Waals surface area contributed by atoms with Gasteiger partial charge in [-0.05, 0) is 61.0 Å². The van der Waals surface area contributed by atoms with Crippen LogP contribution < -0.4 is 9.47 Å². The standard InChI is InChI=1S/C25H21ClN2O4S/c1-16(25(29)30-13-12-17-4-2-3-5-23(17)33)31-19-7-9-20(10-8-19)32-24-15-27-22-14-18(26)6-11-21(22)28-24/h2-11,14-16,33H,12-13H2,1H3. The van der Waals surface area contributed by atoms with Gasteiger partial charge >= 0.3 is 5.97 Å². The predicted molar refractivity (Wildman–Crippen MR) is 130 cm³/mol. The first-order valence-electron chi connectivity index (χ1n) is 10.3. The molecule has 0 amide bonds. The quantitative estimate of drug-likeness (QED) is 0.249. The average molecular weight is 481 g/mol. The van der Waals surface area contributed by atoms with Gasteiger partial charge in [0.15, 0.2) is 6.10 Å². The van der Waals surface area contributed by atoms with Crippen molar-refractivity contribution in [2.24, 2.45) is 0 Å². The lowest BCUT2D eigenvalue weighted by molar-refractivity contribution is -0.151. The van der Waals surface area contributed by atoms with Gasteiger partial charge in [-0.25, -0.2) is 14.8 Å². The summed E-state index contributed by atoms with van der Waals surface area (Å²) in [7, 11) is 0. The highest BCUT2D eigenvalue weighted by molar-refractivity contribution is 7.80. The fourth-order valence-corrected chi connectivity index (χ4v) is 3.52. The maximum absolute atomic E-state index is 12.2. The molecule has 0 N–H and O–H groups in total. The van der Waals surface area contributed by atoms with Gasteiger partial charge in [-0.15, -0.1) is 12.6 Å². The number of hydrogen-bond acceptors (Lipinski definition) is 7. The van der Waals surface area contributed by atoms with Crippen LogP contribution in [0.4, 0.5) is 0 Å². The number of thiol groups is 1. The van der Waals surface area contributed by atoms with E-state index in [9.17, 15) is 4.79 Å². The number of halogens is 1. The lowest BCUT2D eigenvalue weighted by Gasteiger charge is -2.14. The molecule has 0 fully saturated rings. The molecular formula is C25H21ClN2O4S. The molecule has 1 atom stereocenters. The molecule has 0 radical (unpaired) electrons. The van der Waals surface area contributed by atoms with E-state index in [0.717, 1.165) is 10.5 Å². The smallest absolute Gasteiger partial charge is 0.347 e. The molecule has 0 aliphatic carbocycles. The van der Waals surface area contributed by atoms with Crippen molar-refractivity contribution in [1.82, 2.24) is 9.97 Å². The number of carbonyl (C=O) groups excluding carboxylic acids is 1. The van der Waals surface area contributed by atoms with Crippen LogP contribution in [0.1, 0.15) is 12.5 Å². The molecule has 4 rings (SSSR count). The SMILES string of the molecule is CC(Oc1ccc(Oc2cnc3cc(Cl)ccc3n2)cc1)C(=O)OCCc1ccccc1S. The van der Waals surface area contributed by atoms with Crippen LogP contribution in [-0.4, -0.2) is 28.6 Å². The number of esters is 1. The summed E-state index contributed by atoms with van der Waals surface area (Å²) in [6, 6.07) is 19.9. The predicted octanol–water partition coefficient (Wildman–Crippen LogP) is 5.92. The van der Waals surface area contributed by atoms with E-state index in [-0.39, 0.29) is 6.61 Å². The molecule has 0 aliphatic rings. The van der Waals surface area contributed by atoms with Crippen molar-refractivity contribution >= 4 is 41.2 Å². The summed E-state index contributed by atoms with van der Waals surface area (Å²) in [4.78, 5) is 21.9. The van der Waals surface area contributed by atoms with Crippen molar-refractivity contribution in [3.63, 3.8) is 0 Å². The fourth-order valence-electron chi connectivity index (χ4n) is 3.08. The normalized spacial score (nSPS) is 11.7. The van der Waals surface area contributed by atoms with Crippen LogP contribution in [0, 0.1) is 0 Å². The minimum Gasteiger partial charge on any atom is -0.479 e. The summed E-state index contributed by atoms with van der Waals surface area (Å²) < 4.78 is 16.8. The van der Waals surface area contributed by atoms with Gasteiger partial charge in [0.1, 0.15) is 11.5 Å². The summed E-state index contributed by atoms with van der Waals surface area (Å²) in [5, 5.41) is 0.599. The van der Waals surface area contributed by atoms with Gasteiger partial charge in [0.2, 0.25) is 5.88 Å². The number of fused-ring (bicyclic) bond motifs is 1.